The van der Waals surface area contributed by atoms with Gasteiger partial charge in [-0.2, -0.15) is 0 Å². The largest absolute Gasteiger partial charge is 0.354 e. The first kappa shape index (κ1) is 17.5. The predicted molar refractivity (Wildman–Crippen MR) is 94.8 cm³/mol. The first-order valence-corrected chi connectivity index (χ1v) is 7.92. The topological polar surface area (TPSA) is 61.4 Å². The van der Waals surface area contributed by atoms with Gasteiger partial charge in [-0.25, -0.2) is 4.79 Å². The minimum Gasteiger partial charge on any atom is -0.354 e. The molecule has 2 rings (SSSR count). The van der Waals surface area contributed by atoms with Crippen molar-refractivity contribution in [2.45, 2.75) is 5.92 Å². The van der Waals surface area contributed by atoms with Gasteiger partial charge in [0.25, 0.3) is 0 Å². The van der Waals surface area contributed by atoms with E-state index in [0.717, 1.165) is 11.1 Å². The molecule has 2 N–H and O–H groups in total. The Kier molecular flexibility index (Phi) is 6.37. The zero-order valence-electron chi connectivity index (χ0n) is 14.0. The fourth-order valence-corrected chi connectivity index (χ4v) is 2.40. The number of urea groups is 1. The highest BCUT2D eigenvalue weighted by Crippen LogP contribution is 2.24. The smallest absolute Gasteiger partial charge is 0.316 e. The van der Waals surface area contributed by atoms with Gasteiger partial charge in [0.2, 0.25) is 5.91 Å². The molecule has 0 aliphatic rings. The molecule has 0 bridgehead atoms. The Morgan fingerprint density at radius 2 is 1.29 bits per heavy atom. The first-order valence-electron chi connectivity index (χ1n) is 7.92. The lowest BCUT2D eigenvalue weighted by atomic mass is 9.90. The lowest BCUT2D eigenvalue weighted by Gasteiger charge is -2.18. The summed E-state index contributed by atoms with van der Waals surface area (Å²) in [6.45, 7) is 0.771. The van der Waals surface area contributed by atoms with Crippen LogP contribution < -0.4 is 10.6 Å². The third-order valence-corrected chi connectivity index (χ3v) is 3.63. The SMILES string of the molecule is CN(C)C(=O)NCCNC(=O)C(c1ccccc1)c1ccccc1. The highest BCUT2D eigenvalue weighted by Gasteiger charge is 2.21. The maximum absolute atomic E-state index is 12.7. The number of nitrogens with one attached hydrogen (secondary N) is 2. The molecule has 126 valence electrons. The van der Waals surface area contributed by atoms with Crippen molar-refractivity contribution in [3.05, 3.63) is 71.8 Å². The molecule has 2 aromatic carbocycles. The zero-order valence-corrected chi connectivity index (χ0v) is 14.0. The van der Waals surface area contributed by atoms with Gasteiger partial charge in [0.1, 0.15) is 0 Å². The molecule has 0 saturated heterocycles. The molecule has 0 unspecified atom stereocenters. The van der Waals surface area contributed by atoms with Crippen LogP contribution in [0.3, 0.4) is 0 Å². The standard InChI is InChI=1S/C19H23N3O2/c1-22(2)19(24)21-14-13-20-18(23)17(15-9-5-3-6-10-15)16-11-7-4-8-12-16/h3-12,17H,13-14H2,1-2H3,(H,20,23)(H,21,24). The molecule has 5 nitrogen and oxygen atoms in total. The third-order valence-electron chi connectivity index (χ3n) is 3.63. The summed E-state index contributed by atoms with van der Waals surface area (Å²) in [4.78, 5) is 25.6. The molecule has 0 heterocycles. The summed E-state index contributed by atoms with van der Waals surface area (Å²) < 4.78 is 0. The Labute approximate surface area is 142 Å². The molecule has 0 saturated carbocycles. The van der Waals surface area contributed by atoms with Crippen LogP contribution in [0.1, 0.15) is 17.0 Å². The van der Waals surface area contributed by atoms with E-state index < -0.39 is 0 Å². The predicted octanol–water partition coefficient (Wildman–Crippen LogP) is 2.21. The van der Waals surface area contributed by atoms with E-state index in [1.807, 2.05) is 60.7 Å². The van der Waals surface area contributed by atoms with E-state index >= 15 is 0 Å². The quantitative estimate of drug-likeness (QED) is 0.800. The lowest BCUT2D eigenvalue weighted by Crippen LogP contribution is -2.40. The van der Waals surface area contributed by atoms with E-state index in [2.05, 4.69) is 10.6 Å². The van der Waals surface area contributed by atoms with Crippen molar-refractivity contribution in [2.75, 3.05) is 27.2 Å². The molecule has 0 aliphatic carbocycles. The van der Waals surface area contributed by atoms with Gasteiger partial charge in [-0.3, -0.25) is 4.79 Å². The van der Waals surface area contributed by atoms with Gasteiger partial charge in [-0.05, 0) is 11.1 Å². The summed E-state index contributed by atoms with van der Waals surface area (Å²) in [6.07, 6.45) is 0. The van der Waals surface area contributed by atoms with E-state index in [-0.39, 0.29) is 17.9 Å². The van der Waals surface area contributed by atoms with Crippen LogP contribution in [0.5, 0.6) is 0 Å². The lowest BCUT2D eigenvalue weighted by molar-refractivity contribution is -0.121. The number of hydrogen-bond acceptors (Lipinski definition) is 2. The number of benzene rings is 2. The summed E-state index contributed by atoms with van der Waals surface area (Å²) in [5, 5.41) is 5.63. The molecule has 0 fully saturated rings. The summed E-state index contributed by atoms with van der Waals surface area (Å²) >= 11 is 0. The van der Waals surface area contributed by atoms with Gasteiger partial charge in [-0.1, -0.05) is 60.7 Å². The van der Waals surface area contributed by atoms with Crippen LogP contribution in [0.4, 0.5) is 4.79 Å². The van der Waals surface area contributed by atoms with Gasteiger partial charge in [0.15, 0.2) is 0 Å². The van der Waals surface area contributed by atoms with Crippen LogP contribution in [0.25, 0.3) is 0 Å². The summed E-state index contributed by atoms with van der Waals surface area (Å²) in [5.74, 6) is -0.441. The number of carbonyl (C=O) groups is 2. The molecule has 0 radical (unpaired) electrons. The van der Waals surface area contributed by atoms with Crippen LogP contribution in [-0.4, -0.2) is 44.0 Å². The minimum atomic E-state index is -0.364. The summed E-state index contributed by atoms with van der Waals surface area (Å²) in [7, 11) is 3.35. The maximum atomic E-state index is 12.7. The molecule has 2 aromatic rings. The Hall–Kier alpha value is -2.82. The van der Waals surface area contributed by atoms with Crippen LogP contribution >= 0.6 is 0 Å². The van der Waals surface area contributed by atoms with Crippen molar-refractivity contribution in [3.8, 4) is 0 Å². The van der Waals surface area contributed by atoms with Gasteiger partial charge in [-0.15, -0.1) is 0 Å². The Balaban J connectivity index is 2.03. The van der Waals surface area contributed by atoms with Crippen LogP contribution in [-0.2, 0) is 4.79 Å². The second-order valence-electron chi connectivity index (χ2n) is 5.67. The van der Waals surface area contributed by atoms with Crippen molar-refractivity contribution in [1.82, 2.24) is 15.5 Å². The second-order valence-corrected chi connectivity index (χ2v) is 5.67. The highest BCUT2D eigenvalue weighted by atomic mass is 16.2. The number of rotatable bonds is 6. The highest BCUT2D eigenvalue weighted by molar-refractivity contribution is 5.87. The molecule has 0 atom stereocenters. The van der Waals surface area contributed by atoms with Gasteiger partial charge < -0.3 is 15.5 Å². The van der Waals surface area contributed by atoms with Crippen molar-refractivity contribution >= 4 is 11.9 Å². The molecule has 0 aromatic heterocycles. The molecular weight excluding hydrogens is 302 g/mol. The van der Waals surface area contributed by atoms with Crippen molar-refractivity contribution in [1.29, 1.82) is 0 Å². The number of hydrogen-bond donors (Lipinski definition) is 2. The van der Waals surface area contributed by atoms with Gasteiger partial charge in [0.05, 0.1) is 5.92 Å². The van der Waals surface area contributed by atoms with Crippen LogP contribution in [0, 0.1) is 0 Å². The Morgan fingerprint density at radius 3 is 1.75 bits per heavy atom. The molecule has 3 amide bonds. The van der Waals surface area contributed by atoms with Gasteiger partial charge >= 0.3 is 6.03 Å². The molecule has 0 aliphatic heterocycles. The third kappa shape index (κ3) is 4.84. The summed E-state index contributed by atoms with van der Waals surface area (Å²) in [6, 6.07) is 19.2. The van der Waals surface area contributed by atoms with Crippen LogP contribution in [0.2, 0.25) is 0 Å². The van der Waals surface area contributed by atoms with Crippen molar-refractivity contribution in [2.24, 2.45) is 0 Å². The number of amides is 3. The number of carbonyl (C=O) groups excluding carboxylic acids is 2. The minimum absolute atomic E-state index is 0.0773. The first-order chi connectivity index (χ1) is 11.6. The van der Waals surface area contributed by atoms with E-state index in [0.29, 0.717) is 13.1 Å². The Bertz CT molecular complexity index is 617. The maximum Gasteiger partial charge on any atom is 0.316 e. The Morgan fingerprint density at radius 1 is 0.833 bits per heavy atom. The van der Waals surface area contributed by atoms with Crippen molar-refractivity contribution < 1.29 is 9.59 Å². The average molecular weight is 325 g/mol. The monoisotopic (exact) mass is 325 g/mol. The van der Waals surface area contributed by atoms with Crippen LogP contribution in [0.15, 0.2) is 60.7 Å². The van der Waals surface area contributed by atoms with E-state index in [1.54, 1.807) is 14.1 Å². The van der Waals surface area contributed by atoms with E-state index in [1.165, 1.54) is 4.90 Å². The fourth-order valence-electron chi connectivity index (χ4n) is 2.40. The molecule has 5 heteroatoms. The molecular formula is C19H23N3O2. The fraction of sp³-hybridized carbons (Fsp3) is 0.263. The second kappa shape index (κ2) is 8.72. The average Bonchev–Trinajstić information content (AvgIpc) is 2.60. The van der Waals surface area contributed by atoms with Crippen molar-refractivity contribution in [3.63, 3.8) is 0 Å². The molecule has 0 spiro atoms. The number of nitrogens with zero attached hydrogens (tertiary/aromatic N) is 1. The summed E-state index contributed by atoms with van der Waals surface area (Å²) in [5.41, 5.74) is 1.89. The van der Waals surface area contributed by atoms with E-state index in [4.69, 9.17) is 0 Å². The van der Waals surface area contributed by atoms with Gasteiger partial charge in [0, 0.05) is 27.2 Å². The molecule has 24 heavy (non-hydrogen) atoms. The van der Waals surface area contributed by atoms with E-state index in [9.17, 15) is 9.59 Å². The normalized spacial score (nSPS) is 10.3. The zero-order chi connectivity index (χ0) is 17.4.